The Morgan fingerprint density at radius 2 is 1.93 bits per heavy atom. The van der Waals surface area contributed by atoms with Crippen LogP contribution in [0.25, 0.3) is 0 Å². The highest BCUT2D eigenvalue weighted by molar-refractivity contribution is 5.46. The summed E-state index contributed by atoms with van der Waals surface area (Å²) in [6.07, 6.45) is 5.49. The molecule has 0 aromatic heterocycles. The summed E-state index contributed by atoms with van der Waals surface area (Å²) in [5.74, 6) is 1.56. The van der Waals surface area contributed by atoms with Crippen molar-refractivity contribution in [3.05, 3.63) is 29.3 Å². The number of hydrogen-bond acceptors (Lipinski definition) is 1. The lowest BCUT2D eigenvalue weighted by Crippen LogP contribution is -2.16. The third-order valence-corrected chi connectivity index (χ3v) is 3.81. The molecule has 0 radical (unpaired) electrons. The summed E-state index contributed by atoms with van der Waals surface area (Å²) in [5, 5.41) is 0. The van der Waals surface area contributed by atoms with Crippen LogP contribution in [0.4, 0.5) is 5.69 Å². The molecule has 2 rings (SSSR count). The molecular weight excluding hydrogens is 182 g/mol. The fourth-order valence-corrected chi connectivity index (χ4v) is 2.84. The first-order valence-electron chi connectivity index (χ1n) is 6.04. The van der Waals surface area contributed by atoms with Gasteiger partial charge in [-0.05, 0) is 48.4 Å². The molecule has 2 N–H and O–H groups in total. The van der Waals surface area contributed by atoms with Gasteiger partial charge in [-0.1, -0.05) is 32.3 Å². The van der Waals surface area contributed by atoms with Crippen LogP contribution in [-0.2, 0) is 0 Å². The van der Waals surface area contributed by atoms with Gasteiger partial charge in [0.05, 0.1) is 0 Å². The Morgan fingerprint density at radius 3 is 2.67 bits per heavy atom. The fraction of sp³-hybridized carbons (Fsp3) is 0.571. The van der Waals surface area contributed by atoms with E-state index in [-0.39, 0.29) is 0 Å². The highest BCUT2D eigenvalue weighted by Gasteiger charge is 2.23. The summed E-state index contributed by atoms with van der Waals surface area (Å²) in [6, 6.07) is 6.35. The smallest absolute Gasteiger partial charge is 0.0317 e. The van der Waals surface area contributed by atoms with Gasteiger partial charge in [-0.3, -0.25) is 0 Å². The molecule has 15 heavy (non-hydrogen) atoms. The second-order valence-electron chi connectivity index (χ2n) is 4.98. The zero-order chi connectivity index (χ0) is 10.8. The second kappa shape index (κ2) is 4.26. The first-order chi connectivity index (χ1) is 7.18. The third-order valence-electron chi connectivity index (χ3n) is 3.81. The molecular formula is C14H21N. The fourth-order valence-electron chi connectivity index (χ4n) is 2.84. The maximum atomic E-state index is 5.88. The molecule has 1 aliphatic carbocycles. The normalized spacial score (nSPS) is 26.5. The van der Waals surface area contributed by atoms with Crippen molar-refractivity contribution in [1.29, 1.82) is 0 Å². The van der Waals surface area contributed by atoms with Gasteiger partial charge in [0.25, 0.3) is 0 Å². The summed E-state index contributed by atoms with van der Waals surface area (Å²) < 4.78 is 0. The van der Waals surface area contributed by atoms with E-state index in [1.165, 1.54) is 36.8 Å². The average molecular weight is 203 g/mol. The number of nitrogen functional groups attached to an aromatic ring is 1. The Hall–Kier alpha value is -0.980. The highest BCUT2D eigenvalue weighted by atomic mass is 14.5. The van der Waals surface area contributed by atoms with Gasteiger partial charge in [-0.2, -0.15) is 0 Å². The summed E-state index contributed by atoms with van der Waals surface area (Å²) in [6.45, 7) is 4.59. The van der Waals surface area contributed by atoms with Gasteiger partial charge >= 0.3 is 0 Å². The zero-order valence-electron chi connectivity index (χ0n) is 9.79. The van der Waals surface area contributed by atoms with Crippen molar-refractivity contribution in [2.75, 3.05) is 5.73 Å². The van der Waals surface area contributed by atoms with Crippen molar-refractivity contribution in [2.45, 2.75) is 45.4 Å². The quantitative estimate of drug-likeness (QED) is 0.689. The van der Waals surface area contributed by atoms with E-state index >= 15 is 0 Å². The molecule has 0 spiro atoms. The minimum atomic E-state index is 0.738. The van der Waals surface area contributed by atoms with E-state index in [2.05, 4.69) is 26.0 Å². The predicted molar refractivity (Wildman–Crippen MR) is 66.0 cm³/mol. The van der Waals surface area contributed by atoms with Crippen LogP contribution in [0.5, 0.6) is 0 Å². The van der Waals surface area contributed by atoms with Crippen LogP contribution in [0.2, 0.25) is 0 Å². The van der Waals surface area contributed by atoms with Gasteiger partial charge in [-0.15, -0.1) is 0 Å². The predicted octanol–water partition coefficient (Wildman–Crippen LogP) is 3.87. The molecule has 1 aliphatic rings. The van der Waals surface area contributed by atoms with Crippen molar-refractivity contribution in [2.24, 2.45) is 5.92 Å². The van der Waals surface area contributed by atoms with Crippen LogP contribution in [0, 0.1) is 12.8 Å². The van der Waals surface area contributed by atoms with E-state index in [9.17, 15) is 0 Å². The highest BCUT2D eigenvalue weighted by Crippen LogP contribution is 2.39. The molecule has 1 aromatic rings. The molecule has 0 aliphatic heterocycles. The maximum Gasteiger partial charge on any atom is 0.0317 e. The summed E-state index contributed by atoms with van der Waals surface area (Å²) >= 11 is 0. The topological polar surface area (TPSA) is 26.0 Å². The Kier molecular flexibility index (Phi) is 2.99. The Balaban J connectivity index is 2.30. The van der Waals surface area contributed by atoms with Gasteiger partial charge < -0.3 is 5.73 Å². The van der Waals surface area contributed by atoms with Gasteiger partial charge in [0.2, 0.25) is 0 Å². The average Bonchev–Trinajstić information content (AvgIpc) is 2.23. The third kappa shape index (κ3) is 2.17. The molecule has 2 atom stereocenters. The molecule has 0 bridgehead atoms. The molecule has 1 saturated carbocycles. The lowest BCUT2D eigenvalue weighted by atomic mass is 9.75. The van der Waals surface area contributed by atoms with E-state index < -0.39 is 0 Å². The zero-order valence-corrected chi connectivity index (χ0v) is 9.79. The van der Waals surface area contributed by atoms with E-state index in [1.54, 1.807) is 0 Å². The Bertz CT molecular complexity index is 343. The minimum Gasteiger partial charge on any atom is -0.399 e. The van der Waals surface area contributed by atoms with Crippen LogP contribution < -0.4 is 5.73 Å². The number of nitrogens with two attached hydrogens (primary N) is 1. The van der Waals surface area contributed by atoms with Crippen LogP contribution in [0.15, 0.2) is 18.2 Å². The monoisotopic (exact) mass is 203 g/mol. The molecule has 0 saturated heterocycles. The SMILES string of the molecule is Cc1ccc(N)cc1[C@@H]1CCCC[C@@H]1C. The number of aryl methyl sites for hydroxylation is 1. The van der Waals surface area contributed by atoms with Gasteiger partial charge in [0.1, 0.15) is 0 Å². The molecule has 0 unspecified atom stereocenters. The summed E-state index contributed by atoms with van der Waals surface area (Å²) in [4.78, 5) is 0. The molecule has 1 nitrogen and oxygen atoms in total. The Morgan fingerprint density at radius 1 is 1.20 bits per heavy atom. The van der Waals surface area contributed by atoms with Crippen molar-refractivity contribution in [1.82, 2.24) is 0 Å². The van der Waals surface area contributed by atoms with Gasteiger partial charge in [0.15, 0.2) is 0 Å². The number of hydrogen-bond donors (Lipinski definition) is 1. The number of rotatable bonds is 1. The molecule has 82 valence electrons. The van der Waals surface area contributed by atoms with Gasteiger partial charge in [0, 0.05) is 5.69 Å². The molecule has 0 heterocycles. The summed E-state index contributed by atoms with van der Waals surface area (Å²) in [5.41, 5.74) is 9.68. The van der Waals surface area contributed by atoms with Crippen molar-refractivity contribution in [3.63, 3.8) is 0 Å². The van der Waals surface area contributed by atoms with Crippen molar-refractivity contribution in [3.8, 4) is 0 Å². The van der Waals surface area contributed by atoms with Gasteiger partial charge in [-0.25, -0.2) is 0 Å². The van der Waals surface area contributed by atoms with Crippen molar-refractivity contribution < 1.29 is 0 Å². The number of benzene rings is 1. The largest absolute Gasteiger partial charge is 0.399 e. The van der Waals surface area contributed by atoms with E-state index in [4.69, 9.17) is 5.73 Å². The first kappa shape index (κ1) is 10.5. The first-order valence-corrected chi connectivity index (χ1v) is 6.04. The van der Waals surface area contributed by atoms with Crippen molar-refractivity contribution >= 4 is 5.69 Å². The molecule has 1 fully saturated rings. The second-order valence-corrected chi connectivity index (χ2v) is 4.98. The number of anilines is 1. The van der Waals surface area contributed by atoms with Crippen LogP contribution in [-0.4, -0.2) is 0 Å². The minimum absolute atomic E-state index is 0.738. The van der Waals surface area contributed by atoms with Crippen LogP contribution in [0.3, 0.4) is 0 Å². The van der Waals surface area contributed by atoms with E-state index in [1.807, 2.05) is 6.07 Å². The maximum absolute atomic E-state index is 5.88. The molecule has 1 aromatic carbocycles. The lowest BCUT2D eigenvalue weighted by molar-refractivity contribution is 0.330. The molecule has 0 amide bonds. The molecule has 1 heteroatoms. The Labute approximate surface area is 92.7 Å². The standard InChI is InChI=1S/C14H21N/c1-10-5-3-4-6-13(10)14-9-12(15)8-7-11(14)2/h7-10,13H,3-6,15H2,1-2H3/t10-,13+/m0/s1. The van der Waals surface area contributed by atoms with Crippen LogP contribution in [0.1, 0.15) is 49.7 Å². The van der Waals surface area contributed by atoms with Crippen LogP contribution >= 0.6 is 0 Å². The lowest BCUT2D eigenvalue weighted by Gasteiger charge is -2.30. The van der Waals surface area contributed by atoms with E-state index in [0.29, 0.717) is 0 Å². The summed E-state index contributed by atoms with van der Waals surface area (Å²) in [7, 11) is 0. The van der Waals surface area contributed by atoms with E-state index in [0.717, 1.165) is 17.5 Å².